The summed E-state index contributed by atoms with van der Waals surface area (Å²) in [6.07, 6.45) is 27.0. The molecule has 198 valence electrons. The zero-order valence-electron chi connectivity index (χ0n) is 23.4. The molecule has 1 aromatic rings. The minimum atomic E-state index is -4.42. The molecule has 0 aliphatic rings. The Bertz CT molecular complexity index is 718. The van der Waals surface area contributed by atoms with E-state index in [1.165, 1.54) is 115 Å². The smallest absolute Gasteiger partial charge is 0.744 e. The van der Waals surface area contributed by atoms with Gasteiger partial charge in [0.1, 0.15) is 10.1 Å². The van der Waals surface area contributed by atoms with E-state index < -0.39 is 10.1 Å². The van der Waals surface area contributed by atoms with E-state index in [4.69, 9.17) is 0 Å². The predicted octanol–water partition coefficient (Wildman–Crippen LogP) is 6.52. The van der Waals surface area contributed by atoms with Crippen LogP contribution in [0.25, 0.3) is 0 Å². The van der Waals surface area contributed by atoms with Crippen LogP contribution in [0.5, 0.6) is 0 Å². The quantitative estimate of drug-likeness (QED) is 0.0945. The Balaban J connectivity index is 0.0000116. The van der Waals surface area contributed by atoms with Crippen LogP contribution >= 0.6 is 0 Å². The molecule has 0 bridgehead atoms. The molecule has 0 radical (unpaired) electrons. The van der Waals surface area contributed by atoms with Gasteiger partial charge in [-0.2, -0.15) is 0 Å². The first kappa shape index (κ1) is 35.1. The molecule has 3 nitrogen and oxygen atoms in total. The molecule has 0 amide bonds. The van der Waals surface area contributed by atoms with E-state index in [0.717, 1.165) is 36.8 Å². The Morgan fingerprint density at radius 1 is 0.571 bits per heavy atom. The van der Waals surface area contributed by atoms with E-state index in [1.807, 2.05) is 6.07 Å². The van der Waals surface area contributed by atoms with Crippen LogP contribution in [-0.4, -0.2) is 13.0 Å². The second-order valence-corrected chi connectivity index (χ2v) is 11.6. The number of unbranched alkanes of at least 4 members (excludes halogenated alkanes) is 18. The van der Waals surface area contributed by atoms with Crippen molar-refractivity contribution in [1.82, 2.24) is 0 Å². The number of hydrogen-bond donors (Lipinski definition) is 0. The van der Waals surface area contributed by atoms with Crippen molar-refractivity contribution in [3.05, 3.63) is 29.3 Å². The van der Waals surface area contributed by atoms with Gasteiger partial charge in [0.25, 0.3) is 0 Å². The fourth-order valence-electron chi connectivity index (χ4n) is 4.96. The average molecular weight is 517 g/mol. The maximum Gasteiger partial charge on any atom is 1.00 e. The van der Waals surface area contributed by atoms with Crippen molar-refractivity contribution < 1.29 is 42.5 Å². The summed E-state index contributed by atoms with van der Waals surface area (Å²) < 4.78 is 35.6. The molecule has 0 aliphatic carbocycles. The Morgan fingerprint density at radius 2 is 0.943 bits per heavy atom. The van der Waals surface area contributed by atoms with E-state index in [0.29, 0.717) is 6.42 Å². The van der Waals surface area contributed by atoms with Crippen LogP contribution < -0.4 is 29.6 Å². The SMILES string of the molecule is CCCCCCCCCCCCc1cccc(S(=O)(=O)[O-])c1CCCCCCCCCCCC.[Na+]. The maximum absolute atomic E-state index is 11.9. The van der Waals surface area contributed by atoms with Gasteiger partial charge in [0, 0.05) is 0 Å². The van der Waals surface area contributed by atoms with Gasteiger partial charge in [-0.15, -0.1) is 0 Å². The van der Waals surface area contributed by atoms with Gasteiger partial charge in [0.15, 0.2) is 0 Å². The molecule has 0 aliphatic heterocycles. The van der Waals surface area contributed by atoms with Gasteiger partial charge in [0.05, 0.1) is 4.90 Å². The summed E-state index contributed by atoms with van der Waals surface area (Å²) in [7, 11) is -4.42. The molecule has 0 saturated carbocycles. The van der Waals surface area contributed by atoms with Crippen LogP contribution in [0.3, 0.4) is 0 Å². The minimum Gasteiger partial charge on any atom is -0.744 e. The second kappa shape index (κ2) is 23.3. The van der Waals surface area contributed by atoms with Crippen LogP contribution in [0.1, 0.15) is 153 Å². The summed E-state index contributed by atoms with van der Waals surface area (Å²) in [5.74, 6) is 0. The van der Waals surface area contributed by atoms with E-state index in [2.05, 4.69) is 13.8 Å². The average Bonchev–Trinajstić information content (AvgIpc) is 2.81. The van der Waals surface area contributed by atoms with Gasteiger partial charge >= 0.3 is 29.6 Å². The predicted molar refractivity (Wildman–Crippen MR) is 146 cm³/mol. The monoisotopic (exact) mass is 516 g/mol. The number of rotatable bonds is 23. The number of aryl methyl sites for hydroxylation is 1. The summed E-state index contributed by atoms with van der Waals surface area (Å²) >= 11 is 0. The molecule has 0 heterocycles. The fourth-order valence-corrected chi connectivity index (χ4v) is 5.74. The molecule has 5 heteroatoms. The van der Waals surface area contributed by atoms with E-state index in [9.17, 15) is 13.0 Å². The Hall–Kier alpha value is 0.130. The first-order valence-electron chi connectivity index (χ1n) is 14.6. The molecule has 1 rings (SSSR count). The standard InChI is InChI=1S/C30H54O3S.Na/c1-3-5-7-9-11-13-15-17-19-21-24-28-25-23-27-30(34(31,32)33)29(28)26-22-20-18-16-14-12-10-8-6-4-2;/h23,25,27H,3-22,24,26H2,1-2H3,(H,31,32,33);/q;+1/p-1. The molecule has 0 aromatic heterocycles. The van der Waals surface area contributed by atoms with Crippen LogP contribution in [0.15, 0.2) is 23.1 Å². The third-order valence-electron chi connectivity index (χ3n) is 7.08. The summed E-state index contributed by atoms with van der Waals surface area (Å²) in [6, 6.07) is 5.29. The van der Waals surface area contributed by atoms with Crippen molar-refractivity contribution in [1.29, 1.82) is 0 Å². The van der Waals surface area contributed by atoms with Gasteiger partial charge in [-0.25, -0.2) is 8.42 Å². The van der Waals surface area contributed by atoms with Crippen LogP contribution in [0.2, 0.25) is 0 Å². The first-order valence-corrected chi connectivity index (χ1v) is 16.0. The van der Waals surface area contributed by atoms with Crippen molar-refractivity contribution in [2.24, 2.45) is 0 Å². The Labute approximate surface area is 240 Å². The molecule has 0 saturated heterocycles. The van der Waals surface area contributed by atoms with Crippen molar-refractivity contribution in [3.63, 3.8) is 0 Å². The molecular weight excluding hydrogens is 463 g/mol. The van der Waals surface area contributed by atoms with Crippen LogP contribution in [0.4, 0.5) is 0 Å². The third kappa shape index (κ3) is 18.1. The van der Waals surface area contributed by atoms with Gasteiger partial charge in [-0.05, 0) is 42.9 Å². The maximum atomic E-state index is 11.9. The Kier molecular flexibility index (Phi) is 23.3. The molecule has 0 fully saturated rings. The summed E-state index contributed by atoms with van der Waals surface area (Å²) in [5, 5.41) is 0. The topological polar surface area (TPSA) is 57.2 Å². The molecule has 0 N–H and O–H groups in total. The Morgan fingerprint density at radius 3 is 1.34 bits per heavy atom. The zero-order chi connectivity index (χ0) is 24.9. The molecule has 0 atom stereocenters. The van der Waals surface area contributed by atoms with Crippen LogP contribution in [-0.2, 0) is 23.0 Å². The van der Waals surface area contributed by atoms with Crippen molar-refractivity contribution in [2.45, 2.75) is 160 Å². The van der Waals surface area contributed by atoms with Crippen molar-refractivity contribution in [2.75, 3.05) is 0 Å². The van der Waals surface area contributed by atoms with Crippen LogP contribution in [0, 0.1) is 0 Å². The normalized spacial score (nSPS) is 11.5. The summed E-state index contributed by atoms with van der Waals surface area (Å²) in [6.45, 7) is 4.50. The van der Waals surface area contributed by atoms with Gasteiger partial charge in [-0.3, -0.25) is 0 Å². The van der Waals surface area contributed by atoms with Crippen molar-refractivity contribution >= 4 is 10.1 Å². The van der Waals surface area contributed by atoms with Gasteiger partial charge < -0.3 is 4.55 Å². The molecule has 0 unspecified atom stereocenters. The summed E-state index contributed by atoms with van der Waals surface area (Å²) in [5.41, 5.74) is 1.88. The van der Waals surface area contributed by atoms with Crippen molar-refractivity contribution in [3.8, 4) is 0 Å². The number of hydrogen-bond acceptors (Lipinski definition) is 3. The molecule has 1 aromatic carbocycles. The zero-order valence-corrected chi connectivity index (χ0v) is 26.2. The fraction of sp³-hybridized carbons (Fsp3) is 0.800. The first-order chi connectivity index (χ1) is 16.5. The van der Waals surface area contributed by atoms with E-state index in [-0.39, 0.29) is 34.5 Å². The molecule has 35 heavy (non-hydrogen) atoms. The second-order valence-electron chi connectivity index (χ2n) is 10.2. The molecular formula is C30H53NaO3S. The number of benzene rings is 1. The third-order valence-corrected chi connectivity index (χ3v) is 8.00. The summed E-state index contributed by atoms with van der Waals surface area (Å²) in [4.78, 5) is 0.0213. The molecule has 0 spiro atoms. The van der Waals surface area contributed by atoms with E-state index >= 15 is 0 Å². The van der Waals surface area contributed by atoms with Gasteiger partial charge in [0.2, 0.25) is 0 Å². The van der Waals surface area contributed by atoms with Gasteiger partial charge in [-0.1, -0.05) is 142 Å². The van der Waals surface area contributed by atoms with E-state index in [1.54, 1.807) is 6.07 Å². The minimum absolute atomic E-state index is 0. The largest absolute Gasteiger partial charge is 1.00 e.